The first kappa shape index (κ1) is 20.2. The molecule has 7 nitrogen and oxygen atoms in total. The van der Waals surface area contributed by atoms with Crippen LogP contribution in [0.5, 0.6) is 5.88 Å². The van der Waals surface area contributed by atoms with Crippen LogP contribution in [0.25, 0.3) is 5.57 Å². The number of rotatable bonds is 10. The highest BCUT2D eigenvalue weighted by Gasteiger charge is 2.34. The van der Waals surface area contributed by atoms with E-state index in [0.29, 0.717) is 36.9 Å². The van der Waals surface area contributed by atoms with Crippen LogP contribution in [0, 0.1) is 5.92 Å². The Kier molecular flexibility index (Phi) is 7.20. The Morgan fingerprint density at radius 3 is 2.93 bits per heavy atom. The van der Waals surface area contributed by atoms with Crippen molar-refractivity contribution in [1.82, 2.24) is 8.75 Å². The van der Waals surface area contributed by atoms with E-state index in [-0.39, 0.29) is 11.9 Å². The van der Waals surface area contributed by atoms with Gasteiger partial charge >= 0.3 is 5.97 Å². The number of quaternary nitrogens is 1. The molecule has 1 aromatic heterocycles. The van der Waals surface area contributed by atoms with Crippen LogP contribution in [0.2, 0.25) is 0 Å². The van der Waals surface area contributed by atoms with Crippen molar-refractivity contribution in [3.63, 3.8) is 0 Å². The number of likely N-dealkylation sites (N-methyl/N-ethyl adjacent to an activating group) is 1. The fraction of sp³-hybridized carbons (Fsp3) is 0.737. The molecule has 0 bridgehead atoms. The number of esters is 1. The minimum Gasteiger partial charge on any atom is -0.475 e. The van der Waals surface area contributed by atoms with Crippen molar-refractivity contribution >= 4 is 23.3 Å². The summed E-state index contributed by atoms with van der Waals surface area (Å²) in [5, 5.41) is 0. The van der Waals surface area contributed by atoms with Crippen molar-refractivity contribution in [3.8, 4) is 5.88 Å². The lowest BCUT2D eigenvalue weighted by Crippen LogP contribution is -2.50. The third-order valence-electron chi connectivity index (χ3n) is 5.10. The molecule has 0 radical (unpaired) electrons. The number of aromatic nitrogens is 2. The van der Waals surface area contributed by atoms with Crippen molar-refractivity contribution in [3.05, 3.63) is 11.8 Å². The molecule has 3 heterocycles. The van der Waals surface area contributed by atoms with E-state index in [1.165, 1.54) is 31.0 Å². The van der Waals surface area contributed by atoms with Crippen LogP contribution in [-0.2, 0) is 14.3 Å². The van der Waals surface area contributed by atoms with Crippen LogP contribution in [0.1, 0.15) is 44.7 Å². The van der Waals surface area contributed by atoms with Crippen LogP contribution >= 0.6 is 11.7 Å². The third-order valence-corrected chi connectivity index (χ3v) is 5.61. The van der Waals surface area contributed by atoms with Gasteiger partial charge in [-0.15, -0.1) is 4.37 Å². The lowest BCUT2D eigenvalue weighted by molar-refractivity contribution is -0.919. The van der Waals surface area contributed by atoms with Gasteiger partial charge in [-0.25, -0.2) is 0 Å². The number of hydrogen-bond donors (Lipinski definition) is 0. The zero-order valence-corrected chi connectivity index (χ0v) is 17.1. The van der Waals surface area contributed by atoms with Gasteiger partial charge in [-0.2, -0.15) is 4.37 Å². The second-order valence-electron chi connectivity index (χ2n) is 7.67. The average molecular weight is 397 g/mol. The second-order valence-corrected chi connectivity index (χ2v) is 8.20. The summed E-state index contributed by atoms with van der Waals surface area (Å²) in [6.45, 7) is 5.91. The summed E-state index contributed by atoms with van der Waals surface area (Å²) in [5.74, 6) is 0.398. The van der Waals surface area contributed by atoms with Gasteiger partial charge in [-0.3, -0.25) is 9.28 Å². The van der Waals surface area contributed by atoms with Crippen molar-refractivity contribution in [2.75, 3.05) is 46.7 Å². The highest BCUT2D eigenvalue weighted by atomic mass is 32.1. The van der Waals surface area contributed by atoms with E-state index >= 15 is 0 Å². The predicted octanol–water partition coefficient (Wildman–Crippen LogP) is 2.88. The Hall–Kier alpha value is -1.51. The molecule has 0 saturated carbocycles. The quantitative estimate of drug-likeness (QED) is 0.344. The lowest BCUT2D eigenvalue weighted by Gasteiger charge is -2.37. The molecule has 1 aromatic rings. The molecule has 0 aromatic carbocycles. The van der Waals surface area contributed by atoms with Gasteiger partial charge in [0.1, 0.15) is 18.2 Å². The summed E-state index contributed by atoms with van der Waals surface area (Å²) >= 11 is 1.19. The number of unbranched alkanes of at least 4 members (excludes halogenated alkanes) is 3. The number of nitrogens with zero attached hydrogens (tertiary/aromatic N) is 3. The first-order valence-electron chi connectivity index (χ1n) is 9.84. The molecule has 0 N–H and O–H groups in total. The molecule has 0 aliphatic carbocycles. The summed E-state index contributed by atoms with van der Waals surface area (Å²) in [4.78, 5) is 12.0. The van der Waals surface area contributed by atoms with Crippen molar-refractivity contribution in [1.29, 1.82) is 0 Å². The number of hydrogen-bond acceptors (Lipinski definition) is 7. The number of carbonyl (C=O) groups is 1. The van der Waals surface area contributed by atoms with Gasteiger partial charge in [0, 0.05) is 12.0 Å². The molecule has 8 heteroatoms. The summed E-state index contributed by atoms with van der Waals surface area (Å²) in [7, 11) is 2.11. The Labute approximate surface area is 165 Å². The van der Waals surface area contributed by atoms with E-state index in [0.717, 1.165) is 37.2 Å². The van der Waals surface area contributed by atoms with Crippen LogP contribution in [0.3, 0.4) is 0 Å². The summed E-state index contributed by atoms with van der Waals surface area (Å²) < 4.78 is 26.0. The maximum Gasteiger partial charge on any atom is 0.317 e. The largest absolute Gasteiger partial charge is 0.475 e. The van der Waals surface area contributed by atoms with Crippen molar-refractivity contribution in [2.45, 2.75) is 39.0 Å². The van der Waals surface area contributed by atoms with E-state index in [4.69, 9.17) is 14.2 Å². The SMILES string of the molecule is CCCCCCOc1nsnc1C1=CCC[N+](C)(COC(=O)C2COC2)C1. The zero-order chi connectivity index (χ0) is 19.1. The fourth-order valence-corrected chi connectivity index (χ4v) is 3.80. The van der Waals surface area contributed by atoms with E-state index in [9.17, 15) is 4.79 Å². The topological polar surface area (TPSA) is 70.5 Å². The summed E-state index contributed by atoms with van der Waals surface area (Å²) in [6.07, 6.45) is 7.80. The Morgan fingerprint density at radius 2 is 2.19 bits per heavy atom. The maximum absolute atomic E-state index is 12.0. The molecule has 3 rings (SSSR count). The first-order valence-corrected chi connectivity index (χ1v) is 10.6. The molecule has 27 heavy (non-hydrogen) atoms. The van der Waals surface area contributed by atoms with Gasteiger partial charge in [0.2, 0.25) is 6.73 Å². The number of carbonyl (C=O) groups excluding carboxylic acids is 1. The van der Waals surface area contributed by atoms with Crippen LogP contribution in [0.15, 0.2) is 6.08 Å². The van der Waals surface area contributed by atoms with Gasteiger partial charge in [-0.1, -0.05) is 32.3 Å². The molecule has 2 aliphatic heterocycles. The van der Waals surface area contributed by atoms with Crippen LogP contribution in [0.4, 0.5) is 0 Å². The van der Waals surface area contributed by atoms with Gasteiger partial charge in [0.25, 0.3) is 5.88 Å². The van der Waals surface area contributed by atoms with E-state index in [1.807, 2.05) is 0 Å². The standard InChI is InChI=1S/C19H30N3O4S/c1-3-4-5-6-10-25-18-17(20-27-21-18)15-8-7-9-22(2,11-15)14-26-19(23)16-12-24-13-16/h8,16H,3-7,9-14H2,1-2H3/q+1. The van der Waals surface area contributed by atoms with E-state index in [2.05, 4.69) is 28.8 Å². The van der Waals surface area contributed by atoms with Gasteiger partial charge in [-0.05, 0) is 6.42 Å². The first-order chi connectivity index (χ1) is 13.1. The van der Waals surface area contributed by atoms with Crippen molar-refractivity contribution in [2.24, 2.45) is 5.92 Å². The molecular weight excluding hydrogens is 366 g/mol. The van der Waals surface area contributed by atoms with Gasteiger partial charge in [0.15, 0.2) is 0 Å². The summed E-state index contributed by atoms with van der Waals surface area (Å²) in [6, 6.07) is 0. The zero-order valence-electron chi connectivity index (χ0n) is 16.3. The molecule has 0 spiro atoms. The molecular formula is C19H30N3O4S+. The van der Waals surface area contributed by atoms with Gasteiger partial charge in [0.05, 0.1) is 45.1 Å². The average Bonchev–Trinajstić information content (AvgIpc) is 3.07. The Balaban J connectivity index is 1.53. The fourth-order valence-electron chi connectivity index (χ4n) is 3.27. The molecule has 1 atom stereocenters. The number of ether oxygens (including phenoxy) is 3. The summed E-state index contributed by atoms with van der Waals surface area (Å²) in [5.41, 5.74) is 1.97. The molecule has 2 aliphatic rings. The predicted molar refractivity (Wildman–Crippen MR) is 103 cm³/mol. The van der Waals surface area contributed by atoms with E-state index < -0.39 is 0 Å². The molecule has 1 unspecified atom stereocenters. The minimum atomic E-state index is -0.150. The van der Waals surface area contributed by atoms with Crippen LogP contribution < -0.4 is 4.74 Å². The normalized spacial score (nSPS) is 22.8. The van der Waals surface area contributed by atoms with Crippen molar-refractivity contribution < 1.29 is 23.5 Å². The highest BCUT2D eigenvalue weighted by Crippen LogP contribution is 2.30. The molecule has 1 fully saturated rings. The monoisotopic (exact) mass is 396 g/mol. The molecule has 0 amide bonds. The third kappa shape index (κ3) is 5.49. The molecule has 1 saturated heterocycles. The smallest absolute Gasteiger partial charge is 0.317 e. The Morgan fingerprint density at radius 1 is 1.33 bits per heavy atom. The Bertz CT molecular complexity index is 659. The lowest BCUT2D eigenvalue weighted by atomic mass is 10.1. The minimum absolute atomic E-state index is 0.0909. The second kappa shape index (κ2) is 9.61. The van der Waals surface area contributed by atoms with Crippen LogP contribution in [-0.4, -0.2) is 65.9 Å². The molecule has 150 valence electrons. The van der Waals surface area contributed by atoms with E-state index in [1.54, 1.807) is 0 Å². The highest BCUT2D eigenvalue weighted by molar-refractivity contribution is 6.99. The van der Waals surface area contributed by atoms with Gasteiger partial charge < -0.3 is 14.2 Å². The maximum atomic E-state index is 12.0.